The number of amides is 2. The normalized spacial score (nSPS) is 15.0. The molecule has 2 aromatic rings. The fourth-order valence-corrected chi connectivity index (χ4v) is 2.81. The number of morpholine rings is 1. The number of hydrogen-bond acceptors (Lipinski definition) is 4. The van der Waals surface area contributed by atoms with Gasteiger partial charge in [-0.1, -0.05) is 30.3 Å². The molecule has 0 aliphatic carbocycles. The molecule has 2 amide bonds. The van der Waals surface area contributed by atoms with Crippen molar-refractivity contribution in [1.29, 1.82) is 0 Å². The maximum atomic E-state index is 11.7. The number of carbonyl (C=O) groups excluding carboxylic acids is 1. The summed E-state index contributed by atoms with van der Waals surface area (Å²) in [6.45, 7) is 5.82. The number of benzene rings is 2. The number of ether oxygens (including phenoxy) is 2. The smallest absolute Gasteiger partial charge is 0.314 e. The van der Waals surface area contributed by atoms with E-state index in [4.69, 9.17) is 9.47 Å². The highest BCUT2D eigenvalue weighted by atomic mass is 16.5. The maximum absolute atomic E-state index is 11.7. The Labute approximate surface area is 148 Å². The lowest BCUT2D eigenvalue weighted by Gasteiger charge is -2.26. The minimum Gasteiger partial charge on any atom is -0.492 e. The zero-order valence-electron chi connectivity index (χ0n) is 14.4. The fraction of sp³-hybridized carbons (Fsp3) is 0.421. The summed E-state index contributed by atoms with van der Waals surface area (Å²) in [4.78, 5) is 14.0. The van der Waals surface area contributed by atoms with E-state index in [9.17, 15) is 4.79 Å². The van der Waals surface area contributed by atoms with E-state index in [0.717, 1.165) is 44.0 Å². The van der Waals surface area contributed by atoms with Crippen molar-refractivity contribution >= 4 is 16.8 Å². The van der Waals surface area contributed by atoms with Gasteiger partial charge >= 0.3 is 6.03 Å². The van der Waals surface area contributed by atoms with Crippen molar-refractivity contribution in [3.8, 4) is 5.75 Å². The quantitative estimate of drug-likeness (QED) is 0.753. The number of hydrogen-bond donors (Lipinski definition) is 2. The van der Waals surface area contributed by atoms with Gasteiger partial charge in [-0.2, -0.15) is 0 Å². The number of urea groups is 1. The highest BCUT2D eigenvalue weighted by Gasteiger charge is 2.09. The van der Waals surface area contributed by atoms with Crippen molar-refractivity contribution in [1.82, 2.24) is 15.5 Å². The molecule has 2 N–H and O–H groups in total. The molecular formula is C19H25N3O3. The monoisotopic (exact) mass is 343 g/mol. The third-order valence-electron chi connectivity index (χ3n) is 4.19. The molecule has 1 heterocycles. The Bertz CT molecular complexity index is 686. The van der Waals surface area contributed by atoms with Gasteiger partial charge in [0.05, 0.1) is 19.8 Å². The van der Waals surface area contributed by atoms with Crippen LogP contribution in [0.2, 0.25) is 0 Å². The minimum atomic E-state index is -0.157. The molecular weight excluding hydrogens is 318 g/mol. The van der Waals surface area contributed by atoms with Crippen LogP contribution < -0.4 is 15.4 Å². The van der Waals surface area contributed by atoms with Crippen molar-refractivity contribution in [3.05, 3.63) is 42.5 Å². The average Bonchev–Trinajstić information content (AvgIpc) is 2.66. The Balaban J connectivity index is 1.30. The summed E-state index contributed by atoms with van der Waals surface area (Å²) >= 11 is 0. The van der Waals surface area contributed by atoms with E-state index >= 15 is 0 Å². The van der Waals surface area contributed by atoms with Crippen LogP contribution in [-0.2, 0) is 4.74 Å². The highest BCUT2D eigenvalue weighted by Crippen LogP contribution is 2.20. The van der Waals surface area contributed by atoms with Crippen LogP contribution in [0.5, 0.6) is 5.75 Å². The molecule has 1 saturated heterocycles. The molecule has 1 aliphatic heterocycles. The molecule has 0 atom stereocenters. The maximum Gasteiger partial charge on any atom is 0.314 e. The van der Waals surface area contributed by atoms with Crippen LogP contribution in [0.1, 0.15) is 0 Å². The van der Waals surface area contributed by atoms with Crippen LogP contribution in [0.25, 0.3) is 10.8 Å². The van der Waals surface area contributed by atoms with E-state index in [0.29, 0.717) is 19.7 Å². The largest absolute Gasteiger partial charge is 0.492 e. The number of fused-ring (bicyclic) bond motifs is 1. The molecule has 1 aliphatic rings. The first-order valence-corrected chi connectivity index (χ1v) is 8.75. The van der Waals surface area contributed by atoms with Gasteiger partial charge < -0.3 is 20.1 Å². The topological polar surface area (TPSA) is 62.8 Å². The van der Waals surface area contributed by atoms with E-state index in [2.05, 4.69) is 27.7 Å². The molecule has 0 radical (unpaired) electrons. The Hall–Kier alpha value is -2.31. The second kappa shape index (κ2) is 9.25. The van der Waals surface area contributed by atoms with Gasteiger partial charge in [-0.3, -0.25) is 4.90 Å². The van der Waals surface area contributed by atoms with Crippen LogP contribution in [0.4, 0.5) is 4.79 Å². The molecule has 0 bridgehead atoms. The van der Waals surface area contributed by atoms with Gasteiger partial charge in [0.15, 0.2) is 0 Å². The molecule has 2 aromatic carbocycles. The van der Waals surface area contributed by atoms with E-state index in [-0.39, 0.29) is 6.03 Å². The SMILES string of the molecule is O=C(NCCOc1ccc2ccccc2c1)NCCN1CCOCC1. The van der Waals surface area contributed by atoms with Crippen LogP contribution in [0.15, 0.2) is 42.5 Å². The lowest BCUT2D eigenvalue weighted by Crippen LogP contribution is -2.44. The number of rotatable bonds is 7. The van der Waals surface area contributed by atoms with Gasteiger partial charge in [-0.25, -0.2) is 4.79 Å². The van der Waals surface area contributed by atoms with Crippen molar-refractivity contribution in [3.63, 3.8) is 0 Å². The summed E-state index contributed by atoms with van der Waals surface area (Å²) in [5.41, 5.74) is 0. The van der Waals surface area contributed by atoms with Gasteiger partial charge in [-0.15, -0.1) is 0 Å². The molecule has 0 aromatic heterocycles. The lowest BCUT2D eigenvalue weighted by atomic mass is 10.1. The summed E-state index contributed by atoms with van der Waals surface area (Å²) in [6, 6.07) is 14.0. The van der Waals surface area contributed by atoms with Gasteiger partial charge in [0.2, 0.25) is 0 Å². The highest BCUT2D eigenvalue weighted by molar-refractivity contribution is 5.83. The Morgan fingerprint density at radius 2 is 1.80 bits per heavy atom. The molecule has 25 heavy (non-hydrogen) atoms. The lowest BCUT2D eigenvalue weighted by molar-refractivity contribution is 0.0387. The predicted octanol–water partition coefficient (Wildman–Crippen LogP) is 1.85. The van der Waals surface area contributed by atoms with E-state index < -0.39 is 0 Å². The first kappa shape index (κ1) is 17.5. The average molecular weight is 343 g/mol. The van der Waals surface area contributed by atoms with Gasteiger partial charge in [0.25, 0.3) is 0 Å². The van der Waals surface area contributed by atoms with Gasteiger partial charge in [0.1, 0.15) is 12.4 Å². The predicted molar refractivity (Wildman–Crippen MR) is 98.1 cm³/mol. The summed E-state index contributed by atoms with van der Waals surface area (Å²) < 4.78 is 11.0. The number of carbonyl (C=O) groups is 1. The molecule has 3 rings (SSSR count). The molecule has 6 nitrogen and oxygen atoms in total. The van der Waals surface area contributed by atoms with Crippen molar-refractivity contribution < 1.29 is 14.3 Å². The zero-order chi connectivity index (χ0) is 17.3. The summed E-state index contributed by atoms with van der Waals surface area (Å²) in [5.74, 6) is 0.813. The summed E-state index contributed by atoms with van der Waals surface area (Å²) in [5, 5.41) is 8.01. The van der Waals surface area contributed by atoms with Crippen LogP contribution >= 0.6 is 0 Å². The Morgan fingerprint density at radius 1 is 1.04 bits per heavy atom. The third kappa shape index (κ3) is 5.62. The number of nitrogens with zero attached hydrogens (tertiary/aromatic N) is 1. The minimum absolute atomic E-state index is 0.157. The van der Waals surface area contributed by atoms with Crippen molar-refractivity contribution in [2.75, 3.05) is 52.5 Å². The van der Waals surface area contributed by atoms with E-state index in [1.807, 2.05) is 30.3 Å². The molecule has 6 heteroatoms. The first-order chi connectivity index (χ1) is 12.3. The van der Waals surface area contributed by atoms with Crippen molar-refractivity contribution in [2.24, 2.45) is 0 Å². The van der Waals surface area contributed by atoms with E-state index in [1.54, 1.807) is 0 Å². The molecule has 0 spiro atoms. The second-order valence-electron chi connectivity index (χ2n) is 5.99. The third-order valence-corrected chi connectivity index (χ3v) is 4.19. The van der Waals surface area contributed by atoms with Crippen LogP contribution in [0.3, 0.4) is 0 Å². The van der Waals surface area contributed by atoms with Crippen molar-refractivity contribution in [2.45, 2.75) is 0 Å². The van der Waals surface area contributed by atoms with Crippen LogP contribution in [0, 0.1) is 0 Å². The summed E-state index contributed by atoms with van der Waals surface area (Å²) in [6.07, 6.45) is 0. The van der Waals surface area contributed by atoms with Gasteiger partial charge in [-0.05, 0) is 22.9 Å². The first-order valence-electron chi connectivity index (χ1n) is 8.75. The molecule has 1 fully saturated rings. The second-order valence-corrected chi connectivity index (χ2v) is 5.99. The fourth-order valence-electron chi connectivity index (χ4n) is 2.81. The zero-order valence-corrected chi connectivity index (χ0v) is 14.4. The molecule has 0 saturated carbocycles. The molecule has 134 valence electrons. The number of nitrogens with one attached hydrogen (secondary N) is 2. The van der Waals surface area contributed by atoms with Crippen LogP contribution in [-0.4, -0.2) is 63.5 Å². The van der Waals surface area contributed by atoms with E-state index in [1.165, 1.54) is 5.39 Å². The molecule has 0 unspecified atom stereocenters. The standard InChI is InChI=1S/C19H25N3O3/c23-19(20-7-9-22-10-13-24-14-11-22)21-8-12-25-18-6-5-16-3-1-2-4-17(16)15-18/h1-6,15H,7-14H2,(H2,20,21,23). The van der Waals surface area contributed by atoms with Gasteiger partial charge in [0, 0.05) is 26.2 Å². The summed E-state index contributed by atoms with van der Waals surface area (Å²) in [7, 11) is 0. The Morgan fingerprint density at radius 3 is 2.64 bits per heavy atom. The Kier molecular flexibility index (Phi) is 6.48.